The molecule has 2 aromatic rings. The average molecular weight is 310 g/mol. The van der Waals surface area contributed by atoms with Crippen LogP contribution < -0.4 is 5.32 Å². The zero-order valence-corrected chi connectivity index (χ0v) is 13.7. The van der Waals surface area contributed by atoms with Crippen LogP contribution in [0.1, 0.15) is 24.4 Å². The van der Waals surface area contributed by atoms with Gasteiger partial charge in [-0.05, 0) is 37.1 Å². The van der Waals surface area contributed by atoms with E-state index in [0.717, 1.165) is 45.7 Å². The fourth-order valence-electron chi connectivity index (χ4n) is 1.92. The van der Waals surface area contributed by atoms with Gasteiger partial charge in [-0.25, -0.2) is 0 Å². The summed E-state index contributed by atoms with van der Waals surface area (Å²) >= 11 is 7.64. The lowest BCUT2D eigenvalue weighted by Crippen LogP contribution is -2.22. The summed E-state index contributed by atoms with van der Waals surface area (Å²) in [6.07, 6.45) is 0.928. The molecule has 0 aliphatic rings. The van der Waals surface area contributed by atoms with Crippen LogP contribution in [-0.4, -0.2) is 23.3 Å². The molecule has 1 aromatic carbocycles. The molecule has 0 saturated heterocycles. The van der Waals surface area contributed by atoms with Gasteiger partial charge in [-0.3, -0.25) is 0 Å². The largest absolute Gasteiger partial charge is 0.316 e. The summed E-state index contributed by atoms with van der Waals surface area (Å²) in [7, 11) is 0. The number of benzene rings is 1. The van der Waals surface area contributed by atoms with E-state index in [-0.39, 0.29) is 0 Å². The SMILES string of the molecule is Cc1cc(Cl)ccc1-c1nnc(CCNCC(C)C)s1. The predicted octanol–water partition coefficient (Wildman–Crippen LogP) is 3.96. The van der Waals surface area contributed by atoms with E-state index in [1.165, 1.54) is 0 Å². The molecule has 0 bridgehead atoms. The van der Waals surface area contributed by atoms with Crippen molar-refractivity contribution in [1.29, 1.82) is 0 Å². The second-order valence-electron chi connectivity index (χ2n) is 5.31. The van der Waals surface area contributed by atoms with Gasteiger partial charge in [0.15, 0.2) is 0 Å². The third-order valence-electron chi connectivity index (χ3n) is 2.95. The van der Waals surface area contributed by atoms with Crippen molar-refractivity contribution >= 4 is 22.9 Å². The second-order valence-corrected chi connectivity index (χ2v) is 6.81. The molecule has 0 amide bonds. The first-order valence-electron chi connectivity index (χ1n) is 6.86. The molecule has 0 spiro atoms. The predicted molar refractivity (Wildman–Crippen MR) is 86.5 cm³/mol. The van der Waals surface area contributed by atoms with Gasteiger partial charge in [-0.15, -0.1) is 10.2 Å². The van der Waals surface area contributed by atoms with E-state index in [9.17, 15) is 0 Å². The highest BCUT2D eigenvalue weighted by Gasteiger charge is 2.09. The molecule has 0 atom stereocenters. The fraction of sp³-hybridized carbons (Fsp3) is 0.467. The van der Waals surface area contributed by atoms with Crippen molar-refractivity contribution in [1.82, 2.24) is 15.5 Å². The minimum atomic E-state index is 0.677. The van der Waals surface area contributed by atoms with E-state index in [1.54, 1.807) is 11.3 Å². The quantitative estimate of drug-likeness (QED) is 0.821. The molecule has 0 aliphatic carbocycles. The summed E-state index contributed by atoms with van der Waals surface area (Å²) in [6.45, 7) is 8.46. The zero-order valence-electron chi connectivity index (χ0n) is 12.1. The van der Waals surface area contributed by atoms with Gasteiger partial charge in [0.05, 0.1) is 0 Å². The highest BCUT2D eigenvalue weighted by atomic mass is 35.5. The Morgan fingerprint density at radius 3 is 2.80 bits per heavy atom. The Labute approximate surface area is 129 Å². The minimum absolute atomic E-state index is 0.677. The average Bonchev–Trinajstić information content (AvgIpc) is 2.83. The highest BCUT2D eigenvalue weighted by Crippen LogP contribution is 2.28. The smallest absolute Gasteiger partial charge is 0.148 e. The highest BCUT2D eigenvalue weighted by molar-refractivity contribution is 7.14. The maximum Gasteiger partial charge on any atom is 0.148 e. The second kappa shape index (κ2) is 7.16. The van der Waals surface area contributed by atoms with Gasteiger partial charge >= 0.3 is 0 Å². The first-order valence-corrected chi connectivity index (χ1v) is 8.05. The van der Waals surface area contributed by atoms with Crippen LogP contribution in [-0.2, 0) is 6.42 Å². The Morgan fingerprint density at radius 2 is 2.10 bits per heavy atom. The van der Waals surface area contributed by atoms with E-state index in [1.807, 2.05) is 25.1 Å². The number of halogens is 1. The van der Waals surface area contributed by atoms with Crippen LogP contribution in [0.25, 0.3) is 10.6 Å². The van der Waals surface area contributed by atoms with Crippen molar-refractivity contribution in [3.8, 4) is 10.6 Å². The van der Waals surface area contributed by atoms with Crippen molar-refractivity contribution in [2.45, 2.75) is 27.2 Å². The molecule has 20 heavy (non-hydrogen) atoms. The number of hydrogen-bond donors (Lipinski definition) is 1. The Hall–Kier alpha value is -0.970. The molecule has 2 rings (SSSR count). The van der Waals surface area contributed by atoms with Crippen molar-refractivity contribution in [3.63, 3.8) is 0 Å². The maximum absolute atomic E-state index is 5.98. The van der Waals surface area contributed by atoms with Gasteiger partial charge in [-0.1, -0.05) is 42.9 Å². The van der Waals surface area contributed by atoms with Crippen LogP contribution in [0.2, 0.25) is 5.02 Å². The summed E-state index contributed by atoms with van der Waals surface area (Å²) in [5, 5.41) is 14.8. The molecular formula is C15H20ClN3S. The van der Waals surface area contributed by atoms with E-state index in [4.69, 9.17) is 11.6 Å². The van der Waals surface area contributed by atoms with Crippen molar-refractivity contribution in [2.24, 2.45) is 5.92 Å². The van der Waals surface area contributed by atoms with Crippen LogP contribution in [0.4, 0.5) is 0 Å². The topological polar surface area (TPSA) is 37.8 Å². The maximum atomic E-state index is 5.98. The number of nitrogens with one attached hydrogen (secondary N) is 1. The third-order valence-corrected chi connectivity index (χ3v) is 4.21. The first kappa shape index (κ1) is 15.4. The molecule has 108 valence electrons. The summed E-state index contributed by atoms with van der Waals surface area (Å²) in [4.78, 5) is 0. The standard InChI is InChI=1S/C15H20ClN3S/c1-10(2)9-17-7-6-14-18-19-15(20-14)13-5-4-12(16)8-11(13)3/h4-5,8,10,17H,6-7,9H2,1-3H3. The number of nitrogens with zero attached hydrogens (tertiary/aromatic N) is 2. The molecule has 1 N–H and O–H groups in total. The summed E-state index contributed by atoms with van der Waals surface area (Å²) < 4.78 is 0. The van der Waals surface area contributed by atoms with Crippen LogP contribution in [0.15, 0.2) is 18.2 Å². The molecule has 3 nitrogen and oxygen atoms in total. The lowest BCUT2D eigenvalue weighted by molar-refractivity contribution is 0.553. The molecule has 1 aromatic heterocycles. The third kappa shape index (κ3) is 4.27. The molecule has 0 unspecified atom stereocenters. The normalized spacial score (nSPS) is 11.2. The van der Waals surface area contributed by atoms with E-state index in [0.29, 0.717) is 5.92 Å². The summed E-state index contributed by atoms with van der Waals surface area (Å²) in [5.74, 6) is 0.677. The lowest BCUT2D eigenvalue weighted by Gasteiger charge is -2.05. The van der Waals surface area contributed by atoms with Crippen LogP contribution in [0.3, 0.4) is 0 Å². The van der Waals surface area contributed by atoms with E-state index in [2.05, 4.69) is 29.4 Å². The minimum Gasteiger partial charge on any atom is -0.316 e. The molecule has 1 heterocycles. The number of rotatable bonds is 6. The van der Waals surface area contributed by atoms with Gasteiger partial charge in [0.2, 0.25) is 0 Å². The Morgan fingerprint density at radius 1 is 1.30 bits per heavy atom. The molecule has 0 saturated carbocycles. The van der Waals surface area contributed by atoms with Crippen LogP contribution in [0.5, 0.6) is 0 Å². The van der Waals surface area contributed by atoms with E-state index >= 15 is 0 Å². The Kier molecular flexibility index (Phi) is 5.52. The van der Waals surface area contributed by atoms with Gasteiger partial charge in [-0.2, -0.15) is 0 Å². The number of aryl methyl sites for hydroxylation is 1. The fourth-order valence-corrected chi connectivity index (χ4v) is 3.07. The monoisotopic (exact) mass is 309 g/mol. The zero-order chi connectivity index (χ0) is 14.5. The molecule has 5 heteroatoms. The molecular weight excluding hydrogens is 290 g/mol. The summed E-state index contributed by atoms with van der Waals surface area (Å²) in [6, 6.07) is 5.87. The lowest BCUT2D eigenvalue weighted by atomic mass is 10.1. The van der Waals surface area contributed by atoms with Crippen molar-refractivity contribution in [2.75, 3.05) is 13.1 Å². The van der Waals surface area contributed by atoms with E-state index < -0.39 is 0 Å². The van der Waals surface area contributed by atoms with Gasteiger partial charge in [0, 0.05) is 23.6 Å². The molecule has 0 aliphatic heterocycles. The van der Waals surface area contributed by atoms with Crippen LogP contribution in [0, 0.1) is 12.8 Å². The summed E-state index contributed by atoms with van der Waals surface area (Å²) in [5.41, 5.74) is 2.26. The molecule has 0 radical (unpaired) electrons. The van der Waals surface area contributed by atoms with Crippen molar-refractivity contribution in [3.05, 3.63) is 33.8 Å². The number of aromatic nitrogens is 2. The Balaban J connectivity index is 1.98. The van der Waals surface area contributed by atoms with Gasteiger partial charge in [0.25, 0.3) is 0 Å². The van der Waals surface area contributed by atoms with Gasteiger partial charge in [0.1, 0.15) is 10.0 Å². The van der Waals surface area contributed by atoms with Gasteiger partial charge < -0.3 is 5.32 Å². The van der Waals surface area contributed by atoms with Crippen molar-refractivity contribution < 1.29 is 0 Å². The van der Waals surface area contributed by atoms with Crippen LogP contribution >= 0.6 is 22.9 Å². The number of hydrogen-bond acceptors (Lipinski definition) is 4. The Bertz CT molecular complexity index is 566. The molecule has 0 fully saturated rings. The first-order chi connectivity index (χ1) is 9.56.